The summed E-state index contributed by atoms with van der Waals surface area (Å²) in [6, 6.07) is 17.2. The van der Waals surface area contributed by atoms with Crippen LogP contribution in [0.4, 0.5) is 5.69 Å². The SMILES string of the molecule is N#C/C(=C/Nc1cccc(C(=O)O)c1)C(=O)NCc1ccccc1. The fraction of sp³-hybridized carbons (Fsp3) is 0.0556. The number of anilines is 1. The van der Waals surface area contributed by atoms with Crippen molar-refractivity contribution >= 4 is 17.6 Å². The second-order valence-electron chi connectivity index (χ2n) is 4.87. The van der Waals surface area contributed by atoms with Gasteiger partial charge in [-0.1, -0.05) is 36.4 Å². The number of nitrogens with zero attached hydrogens (tertiary/aromatic N) is 1. The predicted molar refractivity (Wildman–Crippen MR) is 89.0 cm³/mol. The molecule has 0 aliphatic rings. The first-order chi connectivity index (χ1) is 11.6. The van der Waals surface area contributed by atoms with Gasteiger partial charge >= 0.3 is 5.97 Å². The van der Waals surface area contributed by atoms with Crippen molar-refractivity contribution in [1.29, 1.82) is 5.26 Å². The molecule has 0 fully saturated rings. The first-order valence-corrected chi connectivity index (χ1v) is 7.12. The zero-order valence-corrected chi connectivity index (χ0v) is 12.7. The van der Waals surface area contributed by atoms with E-state index in [1.54, 1.807) is 12.1 Å². The molecule has 3 N–H and O–H groups in total. The third-order valence-electron chi connectivity index (χ3n) is 3.15. The summed E-state index contributed by atoms with van der Waals surface area (Å²) < 4.78 is 0. The molecule has 2 rings (SSSR count). The van der Waals surface area contributed by atoms with Crippen molar-refractivity contribution in [2.75, 3.05) is 5.32 Å². The van der Waals surface area contributed by atoms with E-state index in [-0.39, 0.29) is 11.1 Å². The average molecular weight is 321 g/mol. The van der Waals surface area contributed by atoms with Gasteiger partial charge in [0.05, 0.1) is 5.56 Å². The molecular formula is C18H15N3O3. The Morgan fingerprint density at radius 1 is 1.12 bits per heavy atom. The number of carbonyl (C=O) groups excluding carboxylic acids is 1. The minimum absolute atomic E-state index is 0.105. The molecule has 0 spiro atoms. The molecule has 0 heterocycles. The molecule has 0 radical (unpaired) electrons. The van der Waals surface area contributed by atoms with E-state index in [4.69, 9.17) is 10.4 Å². The summed E-state index contributed by atoms with van der Waals surface area (Å²) in [7, 11) is 0. The van der Waals surface area contributed by atoms with Crippen LogP contribution in [0, 0.1) is 11.3 Å². The summed E-state index contributed by atoms with van der Waals surface area (Å²) in [4.78, 5) is 22.9. The van der Waals surface area contributed by atoms with E-state index < -0.39 is 11.9 Å². The van der Waals surface area contributed by atoms with Crippen LogP contribution in [0.2, 0.25) is 0 Å². The fourth-order valence-electron chi connectivity index (χ4n) is 1.92. The minimum atomic E-state index is -1.05. The van der Waals surface area contributed by atoms with Gasteiger partial charge in [0.2, 0.25) is 0 Å². The van der Waals surface area contributed by atoms with Crippen molar-refractivity contribution in [1.82, 2.24) is 5.32 Å². The van der Waals surface area contributed by atoms with Crippen molar-refractivity contribution in [3.8, 4) is 6.07 Å². The van der Waals surface area contributed by atoms with Crippen LogP contribution in [0.5, 0.6) is 0 Å². The molecule has 0 saturated carbocycles. The van der Waals surface area contributed by atoms with Crippen LogP contribution >= 0.6 is 0 Å². The van der Waals surface area contributed by atoms with Gasteiger partial charge < -0.3 is 15.7 Å². The lowest BCUT2D eigenvalue weighted by Crippen LogP contribution is -2.24. The largest absolute Gasteiger partial charge is 0.478 e. The third kappa shape index (κ3) is 4.71. The second kappa shape index (κ2) is 8.15. The van der Waals surface area contributed by atoms with Crippen LogP contribution in [0.15, 0.2) is 66.4 Å². The molecule has 6 heteroatoms. The fourth-order valence-corrected chi connectivity index (χ4v) is 1.92. The van der Waals surface area contributed by atoms with E-state index in [2.05, 4.69) is 10.6 Å². The Morgan fingerprint density at radius 3 is 2.54 bits per heavy atom. The van der Waals surface area contributed by atoms with Crippen LogP contribution in [0.25, 0.3) is 0 Å². The Hall–Kier alpha value is -3.59. The standard InChI is InChI=1S/C18H15N3O3/c19-10-15(17(22)21-11-13-5-2-1-3-6-13)12-20-16-8-4-7-14(9-16)18(23)24/h1-9,12,20H,11H2,(H,21,22)(H,23,24)/b15-12-. The molecule has 0 unspecified atom stereocenters. The summed E-state index contributed by atoms with van der Waals surface area (Å²) in [5.41, 5.74) is 1.40. The molecule has 24 heavy (non-hydrogen) atoms. The molecule has 2 aromatic rings. The van der Waals surface area contributed by atoms with Gasteiger partial charge in [-0.25, -0.2) is 4.79 Å². The van der Waals surface area contributed by atoms with Crippen LogP contribution in [-0.2, 0) is 11.3 Å². The molecule has 0 aliphatic heterocycles. The molecule has 2 aromatic carbocycles. The molecule has 1 amide bonds. The Kier molecular flexibility index (Phi) is 5.70. The van der Waals surface area contributed by atoms with Crippen LogP contribution in [-0.4, -0.2) is 17.0 Å². The lowest BCUT2D eigenvalue weighted by molar-refractivity contribution is -0.117. The number of rotatable bonds is 6. The Morgan fingerprint density at radius 2 is 1.88 bits per heavy atom. The van der Waals surface area contributed by atoms with Gasteiger partial charge in [-0.2, -0.15) is 5.26 Å². The molecule has 0 aromatic heterocycles. The molecule has 0 saturated heterocycles. The van der Waals surface area contributed by atoms with Crippen molar-refractivity contribution in [3.05, 3.63) is 77.5 Å². The number of carbonyl (C=O) groups is 2. The quantitative estimate of drug-likeness (QED) is 0.560. The highest BCUT2D eigenvalue weighted by atomic mass is 16.4. The lowest BCUT2D eigenvalue weighted by atomic mass is 10.2. The highest BCUT2D eigenvalue weighted by Gasteiger charge is 2.09. The summed E-state index contributed by atoms with van der Waals surface area (Å²) in [5.74, 6) is -1.56. The number of hydrogen-bond donors (Lipinski definition) is 3. The van der Waals surface area contributed by atoms with Crippen LogP contribution < -0.4 is 10.6 Å². The number of aromatic carboxylic acids is 1. The molecule has 0 bridgehead atoms. The van der Waals surface area contributed by atoms with E-state index >= 15 is 0 Å². The summed E-state index contributed by atoms with van der Waals surface area (Å²) in [5, 5.41) is 23.5. The third-order valence-corrected chi connectivity index (χ3v) is 3.15. The average Bonchev–Trinajstić information content (AvgIpc) is 2.61. The van der Waals surface area contributed by atoms with Crippen molar-refractivity contribution in [2.45, 2.75) is 6.54 Å². The number of carboxylic acid groups (broad SMARTS) is 1. The molecule has 0 atom stereocenters. The maximum absolute atomic E-state index is 12.0. The lowest BCUT2D eigenvalue weighted by Gasteiger charge is -2.06. The highest BCUT2D eigenvalue weighted by Crippen LogP contribution is 2.11. The maximum atomic E-state index is 12.0. The Bertz CT molecular complexity index is 808. The summed E-state index contributed by atoms with van der Waals surface area (Å²) >= 11 is 0. The van der Waals surface area contributed by atoms with Crippen molar-refractivity contribution in [3.63, 3.8) is 0 Å². The Balaban J connectivity index is 2.01. The van der Waals surface area contributed by atoms with E-state index in [9.17, 15) is 9.59 Å². The monoisotopic (exact) mass is 321 g/mol. The smallest absolute Gasteiger partial charge is 0.335 e. The predicted octanol–water partition coefficient (Wildman–Crippen LogP) is 2.52. The van der Waals surface area contributed by atoms with Gasteiger partial charge in [0.1, 0.15) is 11.6 Å². The molecular weight excluding hydrogens is 306 g/mol. The van der Waals surface area contributed by atoms with Gasteiger partial charge in [-0.05, 0) is 23.8 Å². The number of amides is 1. The van der Waals surface area contributed by atoms with Crippen molar-refractivity contribution in [2.24, 2.45) is 0 Å². The summed E-state index contributed by atoms with van der Waals surface area (Å²) in [6.07, 6.45) is 1.25. The number of benzene rings is 2. The number of carboxylic acids is 1. The number of hydrogen-bond acceptors (Lipinski definition) is 4. The summed E-state index contributed by atoms with van der Waals surface area (Å²) in [6.45, 7) is 0.313. The van der Waals surface area contributed by atoms with Gasteiger partial charge in [0, 0.05) is 18.4 Å². The van der Waals surface area contributed by atoms with Gasteiger partial charge in [0.25, 0.3) is 5.91 Å². The Labute approximate surface area is 139 Å². The number of nitrogens with one attached hydrogen (secondary N) is 2. The zero-order valence-electron chi connectivity index (χ0n) is 12.7. The van der Waals surface area contributed by atoms with E-state index in [0.717, 1.165) is 5.56 Å². The van der Waals surface area contributed by atoms with Gasteiger partial charge in [-0.3, -0.25) is 4.79 Å². The van der Waals surface area contributed by atoms with E-state index in [1.165, 1.54) is 18.3 Å². The van der Waals surface area contributed by atoms with Gasteiger partial charge in [0.15, 0.2) is 0 Å². The van der Waals surface area contributed by atoms with Crippen LogP contribution in [0.3, 0.4) is 0 Å². The number of nitriles is 1. The van der Waals surface area contributed by atoms with Crippen molar-refractivity contribution < 1.29 is 14.7 Å². The minimum Gasteiger partial charge on any atom is -0.478 e. The van der Waals surface area contributed by atoms with E-state index in [0.29, 0.717) is 12.2 Å². The zero-order chi connectivity index (χ0) is 17.4. The molecule has 0 aliphatic carbocycles. The molecule has 6 nitrogen and oxygen atoms in total. The first kappa shape index (κ1) is 16.8. The normalized spacial score (nSPS) is 10.5. The second-order valence-corrected chi connectivity index (χ2v) is 4.87. The van der Waals surface area contributed by atoms with E-state index in [1.807, 2.05) is 36.4 Å². The topological polar surface area (TPSA) is 102 Å². The highest BCUT2D eigenvalue weighted by molar-refractivity contribution is 5.97. The molecule has 120 valence electrons. The van der Waals surface area contributed by atoms with Gasteiger partial charge in [-0.15, -0.1) is 0 Å². The first-order valence-electron chi connectivity index (χ1n) is 7.12. The van der Waals surface area contributed by atoms with Crippen LogP contribution in [0.1, 0.15) is 15.9 Å². The maximum Gasteiger partial charge on any atom is 0.335 e.